The molecule has 3 rings (SSSR count). The quantitative estimate of drug-likeness (QED) is 0.632. The maximum absolute atomic E-state index is 12.1. The number of aromatic nitrogens is 3. The predicted molar refractivity (Wildman–Crippen MR) is 98.4 cm³/mol. The van der Waals surface area contributed by atoms with E-state index in [-0.39, 0.29) is 17.7 Å². The fraction of sp³-hybridized carbons (Fsp3) is 0.188. The summed E-state index contributed by atoms with van der Waals surface area (Å²) < 4.78 is 0. The highest BCUT2D eigenvalue weighted by Gasteiger charge is 2.14. The van der Waals surface area contributed by atoms with E-state index in [1.165, 1.54) is 11.8 Å². The van der Waals surface area contributed by atoms with Crippen LogP contribution in [-0.2, 0) is 4.79 Å². The number of H-pyrrole nitrogens is 1. The van der Waals surface area contributed by atoms with Crippen molar-refractivity contribution in [1.29, 1.82) is 0 Å². The Balaban J connectivity index is 1.53. The third-order valence-electron chi connectivity index (χ3n) is 3.30. The van der Waals surface area contributed by atoms with Gasteiger partial charge in [-0.05, 0) is 30.0 Å². The lowest BCUT2D eigenvalue weighted by Crippen LogP contribution is -2.28. The molecule has 1 atom stereocenters. The van der Waals surface area contributed by atoms with Crippen molar-refractivity contribution in [2.75, 3.05) is 5.75 Å². The highest BCUT2D eigenvalue weighted by atomic mass is 35.5. The maximum Gasteiger partial charge on any atom is 0.230 e. The number of aromatic amines is 1. The molecule has 0 aliphatic carbocycles. The summed E-state index contributed by atoms with van der Waals surface area (Å²) in [6.07, 6.45) is 0. The minimum Gasteiger partial charge on any atom is -0.349 e. The van der Waals surface area contributed by atoms with E-state index in [1.807, 2.05) is 48.7 Å². The number of nitrogens with zero attached hydrogens (tertiary/aromatic N) is 2. The first-order valence-corrected chi connectivity index (χ1v) is 9.50. The Kier molecular flexibility index (Phi) is 5.55. The minimum atomic E-state index is -0.152. The fourth-order valence-corrected chi connectivity index (χ4v) is 3.72. The lowest BCUT2D eigenvalue weighted by atomic mass is 10.1. The van der Waals surface area contributed by atoms with E-state index in [1.54, 1.807) is 11.3 Å². The summed E-state index contributed by atoms with van der Waals surface area (Å²) >= 11 is 9.03. The molecule has 1 aromatic carbocycles. The maximum atomic E-state index is 12.1. The topological polar surface area (TPSA) is 70.7 Å². The van der Waals surface area contributed by atoms with Crippen molar-refractivity contribution in [2.24, 2.45) is 0 Å². The van der Waals surface area contributed by atoms with Gasteiger partial charge in [0, 0.05) is 5.02 Å². The van der Waals surface area contributed by atoms with Crippen molar-refractivity contribution in [3.8, 4) is 10.7 Å². The summed E-state index contributed by atoms with van der Waals surface area (Å²) in [5, 5.41) is 13.1. The lowest BCUT2D eigenvalue weighted by Gasteiger charge is -2.15. The zero-order chi connectivity index (χ0) is 16.9. The number of amides is 1. The number of carbonyl (C=O) groups is 1. The molecule has 2 heterocycles. The van der Waals surface area contributed by atoms with Gasteiger partial charge in [0.25, 0.3) is 0 Å². The smallest absolute Gasteiger partial charge is 0.230 e. The lowest BCUT2D eigenvalue weighted by molar-refractivity contribution is -0.119. The minimum absolute atomic E-state index is 0.0881. The largest absolute Gasteiger partial charge is 0.349 e. The van der Waals surface area contributed by atoms with E-state index in [0.29, 0.717) is 10.2 Å². The first-order valence-electron chi connectivity index (χ1n) is 7.26. The van der Waals surface area contributed by atoms with Crippen LogP contribution < -0.4 is 5.32 Å². The van der Waals surface area contributed by atoms with Crippen LogP contribution in [0.5, 0.6) is 0 Å². The van der Waals surface area contributed by atoms with Gasteiger partial charge in [-0.2, -0.15) is 0 Å². The zero-order valence-corrected chi connectivity index (χ0v) is 15.2. The van der Waals surface area contributed by atoms with Crippen molar-refractivity contribution in [3.05, 3.63) is 52.4 Å². The molecule has 0 saturated heterocycles. The second-order valence-electron chi connectivity index (χ2n) is 5.04. The van der Waals surface area contributed by atoms with Gasteiger partial charge in [0.1, 0.15) is 0 Å². The zero-order valence-electron chi connectivity index (χ0n) is 12.8. The van der Waals surface area contributed by atoms with E-state index in [4.69, 9.17) is 11.6 Å². The van der Waals surface area contributed by atoms with Crippen LogP contribution in [0.2, 0.25) is 5.02 Å². The molecule has 0 saturated carbocycles. The summed E-state index contributed by atoms with van der Waals surface area (Å²) in [6, 6.07) is 11.3. The van der Waals surface area contributed by atoms with Crippen LogP contribution >= 0.6 is 34.7 Å². The molecule has 1 amide bonds. The molecular formula is C16H15ClN4OS2. The Morgan fingerprint density at radius 2 is 2.21 bits per heavy atom. The van der Waals surface area contributed by atoms with Gasteiger partial charge in [-0.25, -0.2) is 4.98 Å². The first-order chi connectivity index (χ1) is 11.6. The van der Waals surface area contributed by atoms with Gasteiger partial charge in [-0.15, -0.1) is 16.4 Å². The van der Waals surface area contributed by atoms with E-state index >= 15 is 0 Å². The van der Waals surface area contributed by atoms with Gasteiger partial charge in [0.15, 0.2) is 5.82 Å². The molecule has 0 aliphatic rings. The number of hydrogen-bond donors (Lipinski definition) is 2. The highest BCUT2D eigenvalue weighted by Crippen LogP contribution is 2.24. The Bertz CT molecular complexity index is 819. The highest BCUT2D eigenvalue weighted by molar-refractivity contribution is 7.99. The summed E-state index contributed by atoms with van der Waals surface area (Å²) in [5.74, 6) is 0.878. The number of carbonyl (C=O) groups excluding carboxylic acids is 1. The molecule has 2 aromatic heterocycles. The summed E-state index contributed by atoms with van der Waals surface area (Å²) in [4.78, 5) is 17.5. The standard InChI is InChI=1S/C16H15ClN4OS2/c1-10(11-5-2-3-6-12(11)17)18-14(22)9-24-16-19-15(20-21-16)13-7-4-8-23-13/h2-8,10H,9H2,1H3,(H,18,22)(H,19,20,21)/t10-/m0/s1. The second-order valence-corrected chi connectivity index (χ2v) is 7.34. The van der Waals surface area contributed by atoms with Crippen LogP contribution in [0.25, 0.3) is 10.7 Å². The van der Waals surface area contributed by atoms with Gasteiger partial charge in [-0.3, -0.25) is 9.89 Å². The number of hydrogen-bond acceptors (Lipinski definition) is 5. The summed E-state index contributed by atoms with van der Waals surface area (Å²) in [6.45, 7) is 1.91. The molecular weight excluding hydrogens is 364 g/mol. The van der Waals surface area contributed by atoms with Crippen LogP contribution in [0.15, 0.2) is 46.9 Å². The van der Waals surface area contributed by atoms with Crippen molar-refractivity contribution in [1.82, 2.24) is 20.5 Å². The number of benzene rings is 1. The monoisotopic (exact) mass is 378 g/mol. The number of thiophene rings is 1. The molecule has 3 aromatic rings. The molecule has 124 valence electrons. The third kappa shape index (κ3) is 4.17. The van der Waals surface area contributed by atoms with Crippen molar-refractivity contribution >= 4 is 40.6 Å². The van der Waals surface area contributed by atoms with Crippen LogP contribution in [0, 0.1) is 0 Å². The number of halogens is 1. The average Bonchev–Trinajstić information content (AvgIpc) is 3.24. The number of rotatable bonds is 6. The Morgan fingerprint density at radius 1 is 1.38 bits per heavy atom. The molecule has 0 spiro atoms. The van der Waals surface area contributed by atoms with E-state index < -0.39 is 0 Å². The molecule has 0 fully saturated rings. The molecule has 0 bridgehead atoms. The molecule has 5 nitrogen and oxygen atoms in total. The van der Waals surface area contributed by atoms with Crippen LogP contribution in [0.1, 0.15) is 18.5 Å². The number of nitrogens with one attached hydrogen (secondary N) is 2. The molecule has 0 unspecified atom stereocenters. The summed E-state index contributed by atoms with van der Waals surface area (Å²) in [7, 11) is 0. The van der Waals surface area contributed by atoms with Crippen LogP contribution in [-0.4, -0.2) is 26.8 Å². The predicted octanol–water partition coefficient (Wildman–Crippen LogP) is 4.16. The van der Waals surface area contributed by atoms with Crippen LogP contribution in [0.4, 0.5) is 0 Å². The fourth-order valence-electron chi connectivity index (χ4n) is 2.15. The van der Waals surface area contributed by atoms with E-state index in [2.05, 4.69) is 20.5 Å². The molecule has 8 heteroatoms. The molecule has 0 aliphatic heterocycles. The Morgan fingerprint density at radius 3 is 2.96 bits per heavy atom. The Hall–Kier alpha value is -1.83. The van der Waals surface area contributed by atoms with Crippen molar-refractivity contribution in [3.63, 3.8) is 0 Å². The van der Waals surface area contributed by atoms with E-state index in [9.17, 15) is 4.79 Å². The Labute approximate surface area is 152 Å². The third-order valence-corrected chi connectivity index (χ3v) is 5.37. The molecule has 24 heavy (non-hydrogen) atoms. The SMILES string of the molecule is C[C@H](NC(=O)CSc1n[nH]c(-c2cccs2)n1)c1ccccc1Cl. The average molecular weight is 379 g/mol. The van der Waals surface area contributed by atoms with Crippen LogP contribution in [0.3, 0.4) is 0 Å². The van der Waals surface area contributed by atoms with Gasteiger partial charge < -0.3 is 5.32 Å². The summed E-state index contributed by atoms with van der Waals surface area (Å²) in [5.41, 5.74) is 0.899. The van der Waals surface area contributed by atoms with Gasteiger partial charge in [-0.1, -0.05) is 47.6 Å². The molecule has 0 radical (unpaired) electrons. The second kappa shape index (κ2) is 7.83. The first kappa shape index (κ1) is 17.0. The number of thioether (sulfide) groups is 1. The normalized spacial score (nSPS) is 12.1. The van der Waals surface area contributed by atoms with Crippen molar-refractivity contribution < 1.29 is 4.79 Å². The molecule has 2 N–H and O–H groups in total. The van der Waals surface area contributed by atoms with Gasteiger partial charge in [0.05, 0.1) is 16.7 Å². The van der Waals surface area contributed by atoms with Gasteiger partial charge >= 0.3 is 0 Å². The van der Waals surface area contributed by atoms with E-state index in [0.717, 1.165) is 16.3 Å². The van der Waals surface area contributed by atoms with Crippen molar-refractivity contribution in [2.45, 2.75) is 18.1 Å². The van der Waals surface area contributed by atoms with Gasteiger partial charge in [0.2, 0.25) is 11.1 Å².